The molecule has 0 aromatic heterocycles. The standard InChI is InChI=1S/C23H27N5O6/c1-34-23(11-25-6-8-26(14-29)9-7-25)12-27(13-23)15-2-3-16-17(10-15)22(33)28(21(16)32)18-4-5-19(30)24-20(18)31/h2-3,10,14,18H,4-9,11-13H2,1H3,(H,24,30,31). The molecule has 1 aromatic rings. The first-order valence-corrected chi connectivity index (χ1v) is 11.4. The van der Waals surface area contributed by atoms with E-state index < -0.39 is 29.7 Å². The molecule has 0 spiro atoms. The summed E-state index contributed by atoms with van der Waals surface area (Å²) >= 11 is 0. The minimum atomic E-state index is -0.974. The number of hydrogen-bond donors (Lipinski definition) is 1. The Morgan fingerprint density at radius 2 is 1.76 bits per heavy atom. The van der Waals surface area contributed by atoms with Crippen molar-refractivity contribution in [3.8, 4) is 0 Å². The molecule has 11 nitrogen and oxygen atoms in total. The fourth-order valence-electron chi connectivity index (χ4n) is 5.22. The van der Waals surface area contributed by atoms with Gasteiger partial charge in [0.15, 0.2) is 0 Å². The van der Waals surface area contributed by atoms with Gasteiger partial charge in [0, 0.05) is 51.9 Å². The Labute approximate surface area is 196 Å². The number of rotatable bonds is 6. The molecular weight excluding hydrogens is 442 g/mol. The summed E-state index contributed by atoms with van der Waals surface area (Å²) in [5.74, 6) is -2.04. The van der Waals surface area contributed by atoms with E-state index in [4.69, 9.17) is 4.74 Å². The number of anilines is 1. The fraction of sp³-hybridized carbons (Fsp3) is 0.522. The van der Waals surface area contributed by atoms with Crippen LogP contribution in [0.4, 0.5) is 5.69 Å². The molecule has 180 valence electrons. The maximum atomic E-state index is 13.1. The van der Waals surface area contributed by atoms with Crippen molar-refractivity contribution < 1.29 is 28.7 Å². The number of fused-ring (bicyclic) bond motifs is 1. The molecule has 0 aliphatic carbocycles. The highest BCUT2D eigenvalue weighted by molar-refractivity contribution is 6.23. The van der Waals surface area contributed by atoms with Gasteiger partial charge in [-0.3, -0.25) is 39.1 Å². The average molecular weight is 469 g/mol. The van der Waals surface area contributed by atoms with Crippen LogP contribution < -0.4 is 10.2 Å². The smallest absolute Gasteiger partial charge is 0.262 e. The van der Waals surface area contributed by atoms with Crippen LogP contribution in [0.15, 0.2) is 18.2 Å². The maximum Gasteiger partial charge on any atom is 0.262 e. The Hall–Kier alpha value is -3.31. The largest absolute Gasteiger partial charge is 0.373 e. The molecule has 0 radical (unpaired) electrons. The number of ether oxygens (including phenoxy) is 1. The van der Waals surface area contributed by atoms with E-state index in [-0.39, 0.29) is 29.6 Å². The first-order chi connectivity index (χ1) is 16.3. The number of nitrogens with zero attached hydrogens (tertiary/aromatic N) is 4. The van der Waals surface area contributed by atoms with E-state index in [9.17, 15) is 24.0 Å². The number of benzene rings is 1. The second-order valence-corrected chi connectivity index (χ2v) is 9.34. The van der Waals surface area contributed by atoms with Gasteiger partial charge in [-0.05, 0) is 24.6 Å². The number of amides is 5. The molecule has 4 heterocycles. The van der Waals surface area contributed by atoms with E-state index >= 15 is 0 Å². The minimum absolute atomic E-state index is 0.0894. The Morgan fingerprint density at radius 3 is 2.41 bits per heavy atom. The summed E-state index contributed by atoms with van der Waals surface area (Å²) in [6.45, 7) is 5.03. The second-order valence-electron chi connectivity index (χ2n) is 9.34. The van der Waals surface area contributed by atoms with Crippen LogP contribution in [0.1, 0.15) is 33.6 Å². The molecule has 11 heteroatoms. The summed E-state index contributed by atoms with van der Waals surface area (Å²) in [5, 5.41) is 2.21. The molecular formula is C23H27N5O6. The Kier molecular flexibility index (Phi) is 5.61. The molecule has 4 aliphatic rings. The van der Waals surface area contributed by atoms with Crippen LogP contribution in [-0.4, -0.2) is 109 Å². The minimum Gasteiger partial charge on any atom is -0.373 e. The quantitative estimate of drug-likeness (QED) is 0.419. The summed E-state index contributed by atoms with van der Waals surface area (Å²) < 4.78 is 5.86. The van der Waals surface area contributed by atoms with Crippen molar-refractivity contribution in [3.63, 3.8) is 0 Å². The van der Waals surface area contributed by atoms with Gasteiger partial charge in [0.2, 0.25) is 18.2 Å². The van der Waals surface area contributed by atoms with Crippen LogP contribution in [0.3, 0.4) is 0 Å². The summed E-state index contributed by atoms with van der Waals surface area (Å²) in [4.78, 5) is 67.7. The summed E-state index contributed by atoms with van der Waals surface area (Å²) in [6.07, 6.45) is 1.11. The lowest BCUT2D eigenvalue weighted by Gasteiger charge is -2.52. The van der Waals surface area contributed by atoms with Crippen LogP contribution in [0, 0.1) is 0 Å². The first-order valence-electron chi connectivity index (χ1n) is 11.4. The van der Waals surface area contributed by atoms with Crippen molar-refractivity contribution in [3.05, 3.63) is 29.3 Å². The van der Waals surface area contributed by atoms with Crippen molar-refractivity contribution in [2.45, 2.75) is 24.5 Å². The van der Waals surface area contributed by atoms with E-state index in [1.807, 2.05) is 0 Å². The molecule has 5 rings (SSSR count). The summed E-state index contributed by atoms with van der Waals surface area (Å²) in [6, 6.07) is 4.16. The van der Waals surface area contributed by atoms with Crippen molar-refractivity contribution in [1.29, 1.82) is 0 Å². The number of imide groups is 2. The van der Waals surface area contributed by atoms with Crippen LogP contribution in [0.25, 0.3) is 0 Å². The van der Waals surface area contributed by atoms with E-state index in [1.165, 1.54) is 0 Å². The van der Waals surface area contributed by atoms with E-state index in [0.717, 1.165) is 36.6 Å². The van der Waals surface area contributed by atoms with Crippen molar-refractivity contribution in [1.82, 2.24) is 20.0 Å². The lowest BCUT2D eigenvalue weighted by molar-refractivity contribution is -0.136. The van der Waals surface area contributed by atoms with E-state index in [1.54, 1.807) is 30.2 Å². The van der Waals surface area contributed by atoms with Gasteiger partial charge in [0.25, 0.3) is 11.8 Å². The number of hydrogen-bond acceptors (Lipinski definition) is 8. The number of piperazine rings is 1. The molecule has 1 N–H and O–H groups in total. The van der Waals surface area contributed by atoms with Gasteiger partial charge >= 0.3 is 0 Å². The van der Waals surface area contributed by atoms with Crippen molar-refractivity contribution in [2.75, 3.05) is 57.8 Å². The molecule has 3 saturated heterocycles. The number of piperidine rings is 1. The van der Waals surface area contributed by atoms with Gasteiger partial charge in [-0.2, -0.15) is 0 Å². The lowest BCUT2D eigenvalue weighted by atomic mass is 9.91. The normalized spacial score (nSPS) is 24.7. The van der Waals surface area contributed by atoms with Gasteiger partial charge in [-0.25, -0.2) is 0 Å². The predicted octanol–water partition coefficient (Wildman–Crippen LogP) is -0.933. The monoisotopic (exact) mass is 469 g/mol. The molecule has 4 aliphatic heterocycles. The molecule has 5 amide bonds. The third kappa shape index (κ3) is 3.74. The third-order valence-corrected chi connectivity index (χ3v) is 7.25. The molecule has 1 aromatic carbocycles. The molecule has 3 fully saturated rings. The first kappa shape index (κ1) is 22.5. The number of methoxy groups -OCH3 is 1. The fourth-order valence-corrected chi connectivity index (χ4v) is 5.22. The highest BCUT2D eigenvalue weighted by Gasteiger charge is 2.47. The van der Waals surface area contributed by atoms with Gasteiger partial charge in [0.1, 0.15) is 11.6 Å². The van der Waals surface area contributed by atoms with Gasteiger partial charge < -0.3 is 14.5 Å². The molecule has 0 saturated carbocycles. The Morgan fingerprint density at radius 1 is 1.06 bits per heavy atom. The lowest BCUT2D eigenvalue weighted by Crippen LogP contribution is -2.68. The highest BCUT2D eigenvalue weighted by Crippen LogP contribution is 2.35. The SMILES string of the molecule is COC1(CN2CCN(C=O)CC2)CN(c2ccc3c(c2)C(=O)N(C2CCC(=O)NC2=O)C3=O)C1. The molecule has 1 unspecified atom stereocenters. The predicted molar refractivity (Wildman–Crippen MR) is 119 cm³/mol. The molecule has 34 heavy (non-hydrogen) atoms. The summed E-state index contributed by atoms with van der Waals surface area (Å²) in [7, 11) is 1.70. The van der Waals surface area contributed by atoms with Crippen LogP contribution in [0.5, 0.6) is 0 Å². The third-order valence-electron chi connectivity index (χ3n) is 7.25. The zero-order chi connectivity index (χ0) is 24.0. The van der Waals surface area contributed by atoms with E-state index in [0.29, 0.717) is 26.2 Å². The van der Waals surface area contributed by atoms with Crippen LogP contribution in [-0.2, 0) is 19.1 Å². The Bertz CT molecular complexity index is 1060. The average Bonchev–Trinajstić information content (AvgIpc) is 3.06. The van der Waals surface area contributed by atoms with Crippen LogP contribution in [0.2, 0.25) is 0 Å². The van der Waals surface area contributed by atoms with Gasteiger partial charge in [-0.1, -0.05) is 0 Å². The second kappa shape index (κ2) is 8.48. The zero-order valence-corrected chi connectivity index (χ0v) is 19.0. The number of carbonyl (C=O) groups excluding carboxylic acids is 5. The maximum absolute atomic E-state index is 13.1. The zero-order valence-electron chi connectivity index (χ0n) is 19.0. The Balaban J connectivity index is 1.26. The number of carbonyl (C=O) groups is 5. The number of nitrogens with one attached hydrogen (secondary N) is 1. The van der Waals surface area contributed by atoms with Gasteiger partial charge in [-0.15, -0.1) is 0 Å². The van der Waals surface area contributed by atoms with Crippen molar-refractivity contribution >= 4 is 35.7 Å². The molecule has 1 atom stereocenters. The van der Waals surface area contributed by atoms with Gasteiger partial charge in [0.05, 0.1) is 24.2 Å². The topological polar surface area (TPSA) is 120 Å². The molecule has 0 bridgehead atoms. The highest BCUT2D eigenvalue weighted by atomic mass is 16.5. The van der Waals surface area contributed by atoms with Crippen molar-refractivity contribution in [2.24, 2.45) is 0 Å². The van der Waals surface area contributed by atoms with E-state index in [2.05, 4.69) is 15.1 Å². The summed E-state index contributed by atoms with van der Waals surface area (Å²) in [5.41, 5.74) is 1.00. The van der Waals surface area contributed by atoms with Crippen LogP contribution >= 0.6 is 0 Å².